The molecule has 0 heterocycles. The maximum absolute atomic E-state index is 11.2. The second-order valence-corrected chi connectivity index (χ2v) is 1.52. The standard InChI is InChI=1S/C4H3F5O2/c5-2(6)1-3(10)11-4(7,8)9/h2H,1H2. The minimum Gasteiger partial charge on any atom is -0.373 e. The minimum absolute atomic E-state index is 1.54. The molecule has 0 radical (unpaired) electrons. The van der Waals surface area contributed by atoms with Gasteiger partial charge in [-0.15, -0.1) is 13.2 Å². The summed E-state index contributed by atoms with van der Waals surface area (Å²) in [5, 5.41) is 0. The Balaban J connectivity index is 3.71. The summed E-state index contributed by atoms with van der Waals surface area (Å²) in [5.41, 5.74) is 0. The average molecular weight is 178 g/mol. The highest BCUT2D eigenvalue weighted by Gasteiger charge is 2.34. The van der Waals surface area contributed by atoms with Crippen LogP contribution in [0.4, 0.5) is 22.0 Å². The van der Waals surface area contributed by atoms with Gasteiger partial charge in [0.05, 0.1) is 0 Å². The molecule has 0 aromatic rings. The van der Waals surface area contributed by atoms with Crippen molar-refractivity contribution >= 4 is 5.97 Å². The van der Waals surface area contributed by atoms with E-state index in [9.17, 15) is 26.7 Å². The summed E-state index contributed by atoms with van der Waals surface area (Å²) in [5.74, 6) is -1.98. The molecule has 0 N–H and O–H groups in total. The van der Waals surface area contributed by atoms with E-state index < -0.39 is 25.2 Å². The fourth-order valence-corrected chi connectivity index (χ4v) is 0.297. The number of halogens is 5. The first-order valence-corrected chi connectivity index (χ1v) is 2.38. The van der Waals surface area contributed by atoms with Crippen molar-refractivity contribution in [3.63, 3.8) is 0 Å². The third-order valence-electron chi connectivity index (χ3n) is 0.551. The molecule has 0 saturated carbocycles. The number of ether oxygens (including phenoxy) is 1. The average Bonchev–Trinajstić information content (AvgIpc) is 1.53. The van der Waals surface area contributed by atoms with E-state index in [2.05, 4.69) is 4.74 Å². The molecule has 0 aliphatic carbocycles. The second kappa shape index (κ2) is 3.49. The number of carbonyl (C=O) groups is 1. The SMILES string of the molecule is O=C(CC(F)F)OC(F)(F)F. The summed E-state index contributed by atoms with van der Waals surface area (Å²) in [6.45, 7) is 0. The highest BCUT2D eigenvalue weighted by atomic mass is 19.4. The van der Waals surface area contributed by atoms with Gasteiger partial charge in [-0.3, -0.25) is 4.79 Å². The van der Waals surface area contributed by atoms with Crippen LogP contribution in [0.2, 0.25) is 0 Å². The molecule has 0 amide bonds. The molecule has 11 heavy (non-hydrogen) atoms. The van der Waals surface area contributed by atoms with E-state index in [4.69, 9.17) is 0 Å². The summed E-state index contributed by atoms with van der Waals surface area (Å²) < 4.78 is 58.2. The maximum atomic E-state index is 11.2. The fraction of sp³-hybridized carbons (Fsp3) is 0.750. The van der Waals surface area contributed by atoms with Crippen molar-refractivity contribution in [1.29, 1.82) is 0 Å². The molecule has 66 valence electrons. The Morgan fingerprint density at radius 2 is 1.82 bits per heavy atom. The van der Waals surface area contributed by atoms with E-state index in [1.54, 1.807) is 0 Å². The number of alkyl halides is 5. The van der Waals surface area contributed by atoms with Crippen molar-refractivity contribution in [1.82, 2.24) is 0 Å². The molecule has 0 aliphatic heterocycles. The Hall–Kier alpha value is -0.880. The largest absolute Gasteiger partial charge is 0.575 e. The molecule has 7 heteroatoms. The zero-order valence-corrected chi connectivity index (χ0v) is 4.99. The molecule has 0 spiro atoms. The van der Waals surface area contributed by atoms with Crippen LogP contribution in [0, 0.1) is 0 Å². The summed E-state index contributed by atoms with van der Waals surface area (Å²) in [6.07, 6.45) is -9.84. The van der Waals surface area contributed by atoms with Crippen molar-refractivity contribution in [2.75, 3.05) is 0 Å². The third kappa shape index (κ3) is 7.01. The van der Waals surface area contributed by atoms with Crippen LogP contribution in [0.25, 0.3) is 0 Å². The molecule has 0 aliphatic rings. The van der Waals surface area contributed by atoms with Crippen molar-refractivity contribution < 1.29 is 31.5 Å². The van der Waals surface area contributed by atoms with E-state index in [-0.39, 0.29) is 0 Å². The van der Waals surface area contributed by atoms with Crippen molar-refractivity contribution in [3.8, 4) is 0 Å². The van der Waals surface area contributed by atoms with Gasteiger partial charge in [0.2, 0.25) is 6.43 Å². The molecular weight excluding hydrogens is 175 g/mol. The predicted octanol–water partition coefficient (Wildman–Crippen LogP) is 1.70. The van der Waals surface area contributed by atoms with Crippen LogP contribution in [0.5, 0.6) is 0 Å². The Bertz CT molecular complexity index is 140. The Labute approximate surface area is 57.9 Å². The number of esters is 1. The van der Waals surface area contributed by atoms with Crippen LogP contribution >= 0.6 is 0 Å². The molecule has 0 unspecified atom stereocenters. The molecule has 2 nitrogen and oxygen atoms in total. The molecule has 0 saturated heterocycles. The Morgan fingerprint density at radius 1 is 1.36 bits per heavy atom. The summed E-state index contributed by atoms with van der Waals surface area (Å²) in [4.78, 5) is 9.85. The Kier molecular flexibility index (Phi) is 3.21. The van der Waals surface area contributed by atoms with Crippen LogP contribution < -0.4 is 0 Å². The molecule has 0 atom stereocenters. The zero-order chi connectivity index (χ0) is 9.07. The van der Waals surface area contributed by atoms with Crippen LogP contribution in [0.15, 0.2) is 0 Å². The number of rotatable bonds is 2. The molecular formula is C4H3F5O2. The lowest BCUT2D eigenvalue weighted by Crippen LogP contribution is -2.20. The van der Waals surface area contributed by atoms with E-state index in [0.29, 0.717) is 0 Å². The lowest BCUT2D eigenvalue weighted by Gasteiger charge is -2.05. The van der Waals surface area contributed by atoms with Crippen molar-refractivity contribution in [3.05, 3.63) is 0 Å². The molecule has 0 bridgehead atoms. The van der Waals surface area contributed by atoms with Crippen LogP contribution in [0.1, 0.15) is 6.42 Å². The minimum atomic E-state index is -5.17. The highest BCUT2D eigenvalue weighted by Crippen LogP contribution is 2.17. The first-order valence-electron chi connectivity index (χ1n) is 2.38. The van der Waals surface area contributed by atoms with Gasteiger partial charge in [-0.2, -0.15) is 0 Å². The first kappa shape index (κ1) is 10.1. The topological polar surface area (TPSA) is 26.3 Å². The highest BCUT2D eigenvalue weighted by molar-refractivity contribution is 5.69. The smallest absolute Gasteiger partial charge is 0.373 e. The summed E-state index contributed by atoms with van der Waals surface area (Å²) in [6, 6.07) is 0. The second-order valence-electron chi connectivity index (χ2n) is 1.52. The Morgan fingerprint density at radius 3 is 2.09 bits per heavy atom. The van der Waals surface area contributed by atoms with Gasteiger partial charge in [-0.1, -0.05) is 0 Å². The van der Waals surface area contributed by atoms with Gasteiger partial charge in [0.15, 0.2) is 0 Å². The van der Waals surface area contributed by atoms with E-state index in [0.717, 1.165) is 0 Å². The fourth-order valence-electron chi connectivity index (χ4n) is 0.297. The molecule has 0 aromatic heterocycles. The molecule has 0 fully saturated rings. The number of carbonyl (C=O) groups excluding carboxylic acids is 1. The van der Waals surface area contributed by atoms with Crippen molar-refractivity contribution in [2.45, 2.75) is 19.2 Å². The quantitative estimate of drug-likeness (QED) is 0.475. The first-order chi connectivity index (χ1) is 4.81. The normalized spacial score (nSPS) is 11.8. The summed E-state index contributed by atoms with van der Waals surface area (Å²) >= 11 is 0. The van der Waals surface area contributed by atoms with Gasteiger partial charge in [-0.25, -0.2) is 8.78 Å². The summed E-state index contributed by atoms with van der Waals surface area (Å²) in [7, 11) is 0. The number of hydrogen-bond acceptors (Lipinski definition) is 2. The van der Waals surface area contributed by atoms with E-state index >= 15 is 0 Å². The van der Waals surface area contributed by atoms with Crippen LogP contribution in [0.3, 0.4) is 0 Å². The third-order valence-corrected chi connectivity index (χ3v) is 0.551. The van der Waals surface area contributed by atoms with Crippen LogP contribution in [-0.2, 0) is 9.53 Å². The predicted molar refractivity (Wildman–Crippen MR) is 22.8 cm³/mol. The van der Waals surface area contributed by atoms with Gasteiger partial charge in [0.25, 0.3) is 0 Å². The van der Waals surface area contributed by atoms with E-state index in [1.165, 1.54) is 0 Å². The van der Waals surface area contributed by atoms with Gasteiger partial charge in [-0.05, 0) is 0 Å². The maximum Gasteiger partial charge on any atom is 0.575 e. The number of hydrogen-bond donors (Lipinski definition) is 0. The van der Waals surface area contributed by atoms with Gasteiger partial charge in [0.1, 0.15) is 6.42 Å². The van der Waals surface area contributed by atoms with E-state index in [1.807, 2.05) is 0 Å². The molecule has 0 aromatic carbocycles. The molecule has 0 rings (SSSR count). The van der Waals surface area contributed by atoms with Gasteiger partial charge < -0.3 is 4.74 Å². The lowest BCUT2D eigenvalue weighted by atomic mass is 10.5. The van der Waals surface area contributed by atoms with Gasteiger partial charge >= 0.3 is 12.3 Å². The monoisotopic (exact) mass is 178 g/mol. The zero-order valence-electron chi connectivity index (χ0n) is 4.99. The van der Waals surface area contributed by atoms with Crippen molar-refractivity contribution in [2.24, 2.45) is 0 Å². The van der Waals surface area contributed by atoms with Gasteiger partial charge in [0, 0.05) is 0 Å². The lowest BCUT2D eigenvalue weighted by molar-refractivity contribution is -0.306. The van der Waals surface area contributed by atoms with Crippen LogP contribution in [-0.4, -0.2) is 18.8 Å².